The Labute approximate surface area is 164 Å². The van der Waals surface area contributed by atoms with Gasteiger partial charge in [-0.15, -0.1) is 0 Å². The lowest BCUT2D eigenvalue weighted by molar-refractivity contribution is -0.138. The molecule has 2 aromatic rings. The van der Waals surface area contributed by atoms with Crippen molar-refractivity contribution in [1.82, 2.24) is 4.90 Å². The minimum Gasteiger partial charge on any atom is -0.491 e. The van der Waals surface area contributed by atoms with E-state index in [-0.39, 0.29) is 24.0 Å². The number of carbonyl (C=O) groups is 2. The van der Waals surface area contributed by atoms with E-state index in [9.17, 15) is 9.59 Å². The summed E-state index contributed by atoms with van der Waals surface area (Å²) >= 11 is 1.34. The second kappa shape index (κ2) is 8.01. The zero-order valence-corrected chi connectivity index (χ0v) is 16.7. The van der Waals surface area contributed by atoms with Gasteiger partial charge in [0.1, 0.15) is 5.75 Å². The molecule has 27 heavy (non-hydrogen) atoms. The molecule has 0 radical (unpaired) electrons. The SMILES string of the molecule is CC(C)Oc1ccc(C2=C(Sc3ccccc3)C(=O)N(C(C)C)C2=O)cc1. The lowest BCUT2D eigenvalue weighted by atomic mass is 10.1. The summed E-state index contributed by atoms with van der Waals surface area (Å²) < 4.78 is 5.68. The lowest BCUT2D eigenvalue weighted by Gasteiger charge is -2.19. The summed E-state index contributed by atoms with van der Waals surface area (Å²) in [6.07, 6.45) is 0.0744. The highest BCUT2D eigenvalue weighted by Gasteiger charge is 2.40. The zero-order valence-electron chi connectivity index (χ0n) is 15.9. The van der Waals surface area contributed by atoms with Gasteiger partial charge in [0.05, 0.1) is 16.6 Å². The summed E-state index contributed by atoms with van der Waals surface area (Å²) in [6, 6.07) is 16.8. The molecule has 0 aliphatic carbocycles. The molecular formula is C22H23NO3S. The summed E-state index contributed by atoms with van der Waals surface area (Å²) in [5.74, 6) is 0.261. The van der Waals surface area contributed by atoms with Gasteiger partial charge in [-0.05, 0) is 57.5 Å². The third-order valence-corrected chi connectivity index (χ3v) is 5.16. The van der Waals surface area contributed by atoms with Crippen LogP contribution in [0.25, 0.3) is 5.57 Å². The van der Waals surface area contributed by atoms with Crippen molar-refractivity contribution in [2.45, 2.75) is 44.7 Å². The molecule has 0 unspecified atom stereocenters. The molecule has 5 heteroatoms. The van der Waals surface area contributed by atoms with Crippen molar-refractivity contribution in [3.8, 4) is 5.75 Å². The van der Waals surface area contributed by atoms with Gasteiger partial charge in [-0.3, -0.25) is 14.5 Å². The number of carbonyl (C=O) groups excluding carboxylic acids is 2. The highest BCUT2D eigenvalue weighted by Crippen LogP contribution is 2.40. The first-order valence-electron chi connectivity index (χ1n) is 9.00. The molecule has 3 rings (SSSR count). The molecule has 2 amide bonds. The Bertz CT molecular complexity index is 870. The van der Waals surface area contributed by atoms with Gasteiger partial charge >= 0.3 is 0 Å². The number of rotatable bonds is 6. The largest absolute Gasteiger partial charge is 0.491 e. The molecule has 0 N–H and O–H groups in total. The van der Waals surface area contributed by atoms with Gasteiger partial charge in [0.2, 0.25) is 0 Å². The quantitative estimate of drug-likeness (QED) is 0.677. The Morgan fingerprint density at radius 3 is 2.04 bits per heavy atom. The van der Waals surface area contributed by atoms with Crippen LogP contribution < -0.4 is 4.74 Å². The molecule has 1 aliphatic rings. The van der Waals surface area contributed by atoms with Gasteiger partial charge in [0.25, 0.3) is 11.8 Å². The summed E-state index contributed by atoms with van der Waals surface area (Å²) in [5.41, 5.74) is 1.18. The number of amides is 2. The average Bonchev–Trinajstić information content (AvgIpc) is 2.86. The molecule has 0 saturated heterocycles. The molecule has 0 bridgehead atoms. The van der Waals surface area contributed by atoms with Crippen molar-refractivity contribution in [3.63, 3.8) is 0 Å². The molecule has 0 saturated carbocycles. The topological polar surface area (TPSA) is 46.6 Å². The molecule has 0 aromatic heterocycles. The fourth-order valence-corrected chi connectivity index (χ4v) is 3.94. The molecular weight excluding hydrogens is 358 g/mol. The van der Waals surface area contributed by atoms with Crippen LogP contribution in [0, 0.1) is 0 Å². The molecule has 1 heterocycles. The number of thioether (sulfide) groups is 1. The Balaban J connectivity index is 2.02. The van der Waals surface area contributed by atoms with Crippen LogP contribution in [0.5, 0.6) is 5.75 Å². The van der Waals surface area contributed by atoms with Crippen molar-refractivity contribution in [2.24, 2.45) is 0 Å². The van der Waals surface area contributed by atoms with Crippen molar-refractivity contribution < 1.29 is 14.3 Å². The minimum absolute atomic E-state index is 0.0744. The van der Waals surface area contributed by atoms with Crippen LogP contribution in [0.4, 0.5) is 0 Å². The second-order valence-electron chi connectivity index (χ2n) is 6.88. The standard InChI is InChI=1S/C22H23NO3S/c1-14(2)23-21(24)19(16-10-12-17(13-11-16)26-15(3)4)20(22(23)25)27-18-8-6-5-7-9-18/h5-15H,1-4H3. The van der Waals surface area contributed by atoms with E-state index in [0.717, 1.165) is 16.2 Å². The Morgan fingerprint density at radius 2 is 1.48 bits per heavy atom. The summed E-state index contributed by atoms with van der Waals surface area (Å²) in [4.78, 5) is 28.7. The van der Waals surface area contributed by atoms with Gasteiger partial charge in [-0.25, -0.2) is 0 Å². The molecule has 4 nitrogen and oxygen atoms in total. The minimum atomic E-state index is -0.244. The molecule has 1 aliphatic heterocycles. The monoisotopic (exact) mass is 381 g/mol. The fourth-order valence-electron chi connectivity index (χ4n) is 2.92. The molecule has 140 valence electrons. The summed E-state index contributed by atoms with van der Waals surface area (Å²) in [5, 5.41) is 0. The predicted molar refractivity (Wildman–Crippen MR) is 108 cm³/mol. The number of ether oxygens (including phenoxy) is 1. The van der Waals surface area contributed by atoms with E-state index < -0.39 is 0 Å². The van der Waals surface area contributed by atoms with E-state index >= 15 is 0 Å². The Morgan fingerprint density at radius 1 is 0.852 bits per heavy atom. The van der Waals surface area contributed by atoms with Crippen molar-refractivity contribution in [1.29, 1.82) is 0 Å². The number of benzene rings is 2. The fraction of sp³-hybridized carbons (Fsp3) is 0.273. The molecule has 0 fully saturated rings. The summed E-state index contributed by atoms with van der Waals surface area (Å²) in [6.45, 7) is 7.63. The summed E-state index contributed by atoms with van der Waals surface area (Å²) in [7, 11) is 0. The van der Waals surface area contributed by atoms with E-state index in [1.807, 2.05) is 82.3 Å². The van der Waals surface area contributed by atoms with E-state index in [0.29, 0.717) is 10.5 Å². The van der Waals surface area contributed by atoms with Gasteiger partial charge in [-0.1, -0.05) is 42.1 Å². The van der Waals surface area contributed by atoms with Crippen LogP contribution >= 0.6 is 11.8 Å². The van der Waals surface area contributed by atoms with E-state index in [4.69, 9.17) is 4.74 Å². The maximum absolute atomic E-state index is 13.0. The normalized spacial score (nSPS) is 14.7. The van der Waals surface area contributed by atoms with E-state index in [1.54, 1.807) is 0 Å². The van der Waals surface area contributed by atoms with Gasteiger partial charge in [0, 0.05) is 10.9 Å². The van der Waals surface area contributed by atoms with Crippen LogP contribution in [-0.2, 0) is 9.59 Å². The Kier molecular flexibility index (Phi) is 5.71. The number of imide groups is 1. The van der Waals surface area contributed by atoms with Gasteiger partial charge < -0.3 is 4.74 Å². The van der Waals surface area contributed by atoms with Gasteiger partial charge in [-0.2, -0.15) is 0 Å². The van der Waals surface area contributed by atoms with Crippen LogP contribution in [0.3, 0.4) is 0 Å². The van der Waals surface area contributed by atoms with E-state index in [2.05, 4.69) is 0 Å². The number of hydrogen-bond acceptors (Lipinski definition) is 4. The lowest BCUT2D eigenvalue weighted by Crippen LogP contribution is -2.37. The molecule has 2 aromatic carbocycles. The van der Waals surface area contributed by atoms with E-state index in [1.165, 1.54) is 16.7 Å². The maximum Gasteiger partial charge on any atom is 0.268 e. The van der Waals surface area contributed by atoms with Crippen LogP contribution in [0.1, 0.15) is 33.3 Å². The van der Waals surface area contributed by atoms with Crippen LogP contribution in [0.2, 0.25) is 0 Å². The third-order valence-electron chi connectivity index (χ3n) is 4.07. The van der Waals surface area contributed by atoms with Crippen LogP contribution in [0.15, 0.2) is 64.4 Å². The highest BCUT2D eigenvalue weighted by molar-refractivity contribution is 8.04. The third kappa shape index (κ3) is 4.08. The second-order valence-corrected chi connectivity index (χ2v) is 7.97. The van der Waals surface area contributed by atoms with Crippen molar-refractivity contribution >= 4 is 29.1 Å². The van der Waals surface area contributed by atoms with Crippen LogP contribution in [-0.4, -0.2) is 28.9 Å². The predicted octanol–water partition coefficient (Wildman–Crippen LogP) is 4.75. The zero-order chi connectivity index (χ0) is 19.6. The Hall–Kier alpha value is -2.53. The maximum atomic E-state index is 13.0. The first-order chi connectivity index (χ1) is 12.9. The first-order valence-corrected chi connectivity index (χ1v) is 9.82. The molecule has 0 spiro atoms. The average molecular weight is 381 g/mol. The number of nitrogens with zero attached hydrogens (tertiary/aromatic N) is 1. The van der Waals surface area contributed by atoms with Gasteiger partial charge in [0.15, 0.2) is 0 Å². The smallest absolute Gasteiger partial charge is 0.268 e. The van der Waals surface area contributed by atoms with Crippen molar-refractivity contribution in [2.75, 3.05) is 0 Å². The van der Waals surface area contributed by atoms with Crippen molar-refractivity contribution in [3.05, 3.63) is 65.1 Å². The number of hydrogen-bond donors (Lipinski definition) is 0. The molecule has 0 atom stereocenters. The highest BCUT2D eigenvalue weighted by atomic mass is 32.2. The first kappa shape index (κ1) is 19.2.